The highest BCUT2D eigenvalue weighted by Crippen LogP contribution is 2.38. The minimum absolute atomic E-state index is 0.0564. The maximum absolute atomic E-state index is 10.8. The van der Waals surface area contributed by atoms with E-state index in [0.717, 1.165) is 38.2 Å². The van der Waals surface area contributed by atoms with Crippen molar-refractivity contribution in [2.45, 2.75) is 45.8 Å². The second-order valence-electron chi connectivity index (χ2n) is 7.68. The standard InChI is InChI=1S/C19H27N3O/c1-18(2,3)19(23)8-12-21(13-9-19)15-16-6-4-7-17(14-16)22-11-5-10-20-22/h4-7,10-11,14,23H,8-9,12-13,15H2,1-3H3. The van der Waals surface area contributed by atoms with Gasteiger partial charge in [-0.05, 0) is 42.0 Å². The highest BCUT2D eigenvalue weighted by atomic mass is 16.3. The van der Waals surface area contributed by atoms with Crippen LogP contribution in [0.15, 0.2) is 42.7 Å². The van der Waals surface area contributed by atoms with Crippen LogP contribution in [-0.4, -0.2) is 38.5 Å². The summed E-state index contributed by atoms with van der Waals surface area (Å²) in [5, 5.41) is 15.1. The predicted molar refractivity (Wildman–Crippen MR) is 92.5 cm³/mol. The van der Waals surface area contributed by atoms with E-state index in [1.165, 1.54) is 5.56 Å². The van der Waals surface area contributed by atoms with Crippen LogP contribution < -0.4 is 0 Å². The molecule has 23 heavy (non-hydrogen) atoms. The highest BCUT2D eigenvalue weighted by Gasteiger charge is 2.42. The lowest BCUT2D eigenvalue weighted by molar-refractivity contribution is -0.0999. The van der Waals surface area contributed by atoms with Gasteiger partial charge in [-0.2, -0.15) is 5.10 Å². The van der Waals surface area contributed by atoms with Gasteiger partial charge in [0.2, 0.25) is 0 Å². The molecule has 0 atom stereocenters. The molecule has 4 heteroatoms. The predicted octanol–water partition coefficient (Wildman–Crippen LogP) is 3.25. The molecule has 0 spiro atoms. The Morgan fingerprint density at radius 1 is 1.17 bits per heavy atom. The molecular formula is C19H27N3O. The van der Waals surface area contributed by atoms with Gasteiger partial charge in [-0.25, -0.2) is 4.68 Å². The summed E-state index contributed by atoms with van der Waals surface area (Å²) in [6.45, 7) is 9.22. The molecule has 0 unspecified atom stereocenters. The third-order valence-electron chi connectivity index (χ3n) is 5.16. The Morgan fingerprint density at radius 2 is 1.91 bits per heavy atom. The Morgan fingerprint density at radius 3 is 2.52 bits per heavy atom. The molecule has 0 saturated carbocycles. The summed E-state index contributed by atoms with van der Waals surface area (Å²) >= 11 is 0. The zero-order valence-electron chi connectivity index (χ0n) is 14.4. The molecule has 4 nitrogen and oxygen atoms in total. The number of nitrogens with zero attached hydrogens (tertiary/aromatic N) is 3. The quantitative estimate of drug-likeness (QED) is 0.946. The van der Waals surface area contributed by atoms with Crippen molar-refractivity contribution in [1.29, 1.82) is 0 Å². The summed E-state index contributed by atoms with van der Waals surface area (Å²) in [5.74, 6) is 0. The molecule has 1 aromatic heterocycles. The van der Waals surface area contributed by atoms with Crippen molar-refractivity contribution in [2.75, 3.05) is 13.1 Å². The van der Waals surface area contributed by atoms with Crippen LogP contribution in [-0.2, 0) is 6.54 Å². The first kappa shape index (κ1) is 16.2. The molecular weight excluding hydrogens is 286 g/mol. The zero-order valence-corrected chi connectivity index (χ0v) is 14.4. The first-order chi connectivity index (χ1) is 10.9. The lowest BCUT2D eigenvalue weighted by Crippen LogP contribution is -2.51. The first-order valence-corrected chi connectivity index (χ1v) is 8.41. The fourth-order valence-electron chi connectivity index (χ4n) is 3.31. The van der Waals surface area contributed by atoms with Gasteiger partial charge in [0.25, 0.3) is 0 Å². The number of hydrogen-bond donors (Lipinski definition) is 1. The van der Waals surface area contributed by atoms with E-state index in [4.69, 9.17) is 0 Å². The van der Waals surface area contributed by atoms with E-state index in [0.29, 0.717) is 0 Å². The van der Waals surface area contributed by atoms with E-state index in [1.54, 1.807) is 6.20 Å². The van der Waals surface area contributed by atoms with E-state index in [-0.39, 0.29) is 5.41 Å². The maximum Gasteiger partial charge on any atom is 0.0720 e. The van der Waals surface area contributed by atoms with Gasteiger partial charge >= 0.3 is 0 Å². The Balaban J connectivity index is 1.65. The number of piperidine rings is 1. The lowest BCUT2D eigenvalue weighted by Gasteiger charge is -2.46. The van der Waals surface area contributed by atoms with Gasteiger partial charge in [-0.15, -0.1) is 0 Å². The molecule has 3 rings (SSSR count). The summed E-state index contributed by atoms with van der Waals surface area (Å²) in [4.78, 5) is 2.43. The molecule has 0 bridgehead atoms. The molecule has 1 saturated heterocycles. The maximum atomic E-state index is 10.8. The van der Waals surface area contributed by atoms with Crippen molar-refractivity contribution in [3.8, 4) is 5.69 Å². The first-order valence-electron chi connectivity index (χ1n) is 8.41. The smallest absolute Gasteiger partial charge is 0.0720 e. The van der Waals surface area contributed by atoms with E-state index in [1.807, 2.05) is 16.9 Å². The van der Waals surface area contributed by atoms with Crippen LogP contribution >= 0.6 is 0 Å². The molecule has 0 aliphatic carbocycles. The summed E-state index contributed by atoms with van der Waals surface area (Å²) in [6, 6.07) is 10.5. The van der Waals surface area contributed by atoms with Crippen LogP contribution in [0.4, 0.5) is 0 Å². The molecule has 2 aromatic rings. The van der Waals surface area contributed by atoms with Crippen LogP contribution in [0, 0.1) is 5.41 Å². The van der Waals surface area contributed by atoms with E-state index in [2.05, 4.69) is 55.0 Å². The third-order valence-corrected chi connectivity index (χ3v) is 5.16. The average Bonchev–Trinajstić information content (AvgIpc) is 3.03. The molecule has 0 radical (unpaired) electrons. The molecule has 2 heterocycles. The average molecular weight is 313 g/mol. The zero-order chi connectivity index (χ0) is 16.5. The second kappa shape index (κ2) is 6.10. The second-order valence-corrected chi connectivity index (χ2v) is 7.68. The SMILES string of the molecule is CC(C)(C)C1(O)CCN(Cc2cccc(-n3cccn3)c2)CC1. The van der Waals surface area contributed by atoms with E-state index < -0.39 is 5.60 Å². The Hall–Kier alpha value is -1.65. The topological polar surface area (TPSA) is 41.3 Å². The summed E-state index contributed by atoms with van der Waals surface area (Å²) in [7, 11) is 0. The number of likely N-dealkylation sites (tertiary alicyclic amines) is 1. The van der Waals surface area contributed by atoms with Gasteiger partial charge in [0, 0.05) is 32.0 Å². The Labute approximate surface area is 138 Å². The highest BCUT2D eigenvalue weighted by molar-refractivity contribution is 5.35. The van der Waals surface area contributed by atoms with Crippen molar-refractivity contribution < 1.29 is 5.11 Å². The van der Waals surface area contributed by atoms with E-state index >= 15 is 0 Å². The van der Waals surface area contributed by atoms with Crippen molar-refractivity contribution in [1.82, 2.24) is 14.7 Å². The molecule has 1 aromatic carbocycles. The number of aliphatic hydroxyl groups is 1. The minimum Gasteiger partial charge on any atom is -0.389 e. The molecule has 1 fully saturated rings. The van der Waals surface area contributed by atoms with Crippen LogP contribution in [0.3, 0.4) is 0 Å². The normalized spacial score (nSPS) is 19.0. The molecule has 124 valence electrons. The van der Waals surface area contributed by atoms with Crippen LogP contribution in [0.5, 0.6) is 0 Å². The summed E-state index contributed by atoms with van der Waals surface area (Å²) < 4.78 is 1.89. The fraction of sp³-hybridized carbons (Fsp3) is 0.526. The third kappa shape index (κ3) is 3.48. The lowest BCUT2D eigenvalue weighted by atomic mass is 9.71. The Bertz CT molecular complexity index is 635. The number of benzene rings is 1. The molecule has 1 aliphatic rings. The van der Waals surface area contributed by atoms with Crippen molar-refractivity contribution in [2.24, 2.45) is 5.41 Å². The van der Waals surface area contributed by atoms with Gasteiger partial charge in [0.05, 0.1) is 11.3 Å². The van der Waals surface area contributed by atoms with Crippen molar-refractivity contribution >= 4 is 0 Å². The van der Waals surface area contributed by atoms with Gasteiger partial charge in [-0.1, -0.05) is 32.9 Å². The summed E-state index contributed by atoms with van der Waals surface area (Å²) in [6.07, 6.45) is 5.44. The van der Waals surface area contributed by atoms with Gasteiger partial charge in [-0.3, -0.25) is 4.90 Å². The molecule has 0 amide bonds. The Kier molecular flexibility index (Phi) is 4.30. The van der Waals surface area contributed by atoms with Gasteiger partial charge in [0.1, 0.15) is 0 Å². The van der Waals surface area contributed by atoms with Crippen molar-refractivity contribution in [3.63, 3.8) is 0 Å². The van der Waals surface area contributed by atoms with Gasteiger partial charge < -0.3 is 5.11 Å². The summed E-state index contributed by atoms with van der Waals surface area (Å²) in [5.41, 5.74) is 1.79. The minimum atomic E-state index is -0.541. The van der Waals surface area contributed by atoms with Crippen molar-refractivity contribution in [3.05, 3.63) is 48.3 Å². The van der Waals surface area contributed by atoms with E-state index in [9.17, 15) is 5.11 Å². The largest absolute Gasteiger partial charge is 0.389 e. The monoisotopic (exact) mass is 313 g/mol. The fourth-order valence-corrected chi connectivity index (χ4v) is 3.31. The molecule has 1 N–H and O–H groups in total. The van der Waals surface area contributed by atoms with Crippen LogP contribution in [0.25, 0.3) is 5.69 Å². The number of hydrogen-bond acceptors (Lipinski definition) is 3. The molecule has 1 aliphatic heterocycles. The van der Waals surface area contributed by atoms with Crippen LogP contribution in [0.1, 0.15) is 39.2 Å². The van der Waals surface area contributed by atoms with Crippen LogP contribution in [0.2, 0.25) is 0 Å². The number of rotatable bonds is 3. The number of aromatic nitrogens is 2. The van der Waals surface area contributed by atoms with Gasteiger partial charge in [0.15, 0.2) is 0 Å².